The molecule has 1 nitrogen and oxygen atoms in total. The van der Waals surface area contributed by atoms with E-state index >= 15 is 0 Å². The monoisotopic (exact) mass is 208 g/mol. The minimum atomic E-state index is -0.257. The molecule has 0 aromatic rings. The van der Waals surface area contributed by atoms with Crippen molar-refractivity contribution in [1.82, 2.24) is 0 Å². The van der Waals surface area contributed by atoms with Gasteiger partial charge in [0.2, 0.25) is 0 Å². The largest absolute Gasteiger partial charge is 0.390 e. The fourth-order valence-corrected chi connectivity index (χ4v) is 4.53. The Morgan fingerprint density at radius 3 is 2.40 bits per heavy atom. The van der Waals surface area contributed by atoms with Gasteiger partial charge in [-0.3, -0.25) is 0 Å². The lowest BCUT2D eigenvalue weighted by molar-refractivity contribution is -0.0241. The zero-order chi connectivity index (χ0) is 10.3. The van der Waals surface area contributed by atoms with Crippen LogP contribution in [0.3, 0.4) is 0 Å². The van der Waals surface area contributed by atoms with E-state index in [1.807, 2.05) is 0 Å². The third-order valence-electron chi connectivity index (χ3n) is 5.31. The van der Waals surface area contributed by atoms with Crippen molar-refractivity contribution in [3.8, 4) is 0 Å². The summed E-state index contributed by atoms with van der Waals surface area (Å²) in [6, 6.07) is 0. The van der Waals surface area contributed by atoms with E-state index in [1.54, 1.807) is 0 Å². The summed E-state index contributed by atoms with van der Waals surface area (Å²) in [6.07, 6.45) is 13.0. The molecule has 1 heteroatoms. The van der Waals surface area contributed by atoms with Crippen LogP contribution in [0, 0.1) is 17.8 Å². The molecular formula is C14H24O. The van der Waals surface area contributed by atoms with Gasteiger partial charge in [0.25, 0.3) is 0 Å². The molecule has 0 heterocycles. The first-order valence-corrected chi connectivity index (χ1v) is 6.98. The highest BCUT2D eigenvalue weighted by molar-refractivity contribution is 4.94. The van der Waals surface area contributed by atoms with Crippen LogP contribution in [0.5, 0.6) is 0 Å². The van der Waals surface area contributed by atoms with Gasteiger partial charge in [0.15, 0.2) is 0 Å². The Bertz CT molecular complexity index is 229. The quantitative estimate of drug-likeness (QED) is 0.736. The van der Waals surface area contributed by atoms with Crippen molar-refractivity contribution in [3.05, 3.63) is 0 Å². The van der Waals surface area contributed by atoms with Gasteiger partial charge in [0.05, 0.1) is 5.60 Å². The first-order chi connectivity index (χ1) is 7.25. The van der Waals surface area contributed by atoms with Gasteiger partial charge in [-0.05, 0) is 56.3 Å². The number of hydrogen-bond acceptors (Lipinski definition) is 1. The third-order valence-corrected chi connectivity index (χ3v) is 5.31. The number of fused-ring (bicyclic) bond motifs is 2. The van der Waals surface area contributed by atoms with Crippen LogP contribution in [-0.4, -0.2) is 10.7 Å². The van der Waals surface area contributed by atoms with Gasteiger partial charge >= 0.3 is 0 Å². The van der Waals surface area contributed by atoms with Gasteiger partial charge in [-0.1, -0.05) is 25.7 Å². The van der Waals surface area contributed by atoms with Crippen molar-refractivity contribution in [3.63, 3.8) is 0 Å². The van der Waals surface area contributed by atoms with Crippen LogP contribution in [0.4, 0.5) is 0 Å². The maximum Gasteiger partial charge on any atom is 0.0650 e. The molecule has 3 aliphatic rings. The summed E-state index contributed by atoms with van der Waals surface area (Å²) in [7, 11) is 0. The summed E-state index contributed by atoms with van der Waals surface area (Å²) in [5.41, 5.74) is -0.257. The Morgan fingerprint density at radius 2 is 1.80 bits per heavy atom. The van der Waals surface area contributed by atoms with Crippen LogP contribution in [0.1, 0.15) is 64.2 Å². The summed E-state index contributed by atoms with van der Waals surface area (Å²) in [4.78, 5) is 0. The van der Waals surface area contributed by atoms with E-state index in [0.717, 1.165) is 37.0 Å². The zero-order valence-electron chi connectivity index (χ0n) is 9.75. The van der Waals surface area contributed by atoms with Gasteiger partial charge in [-0.25, -0.2) is 0 Å². The molecule has 2 bridgehead atoms. The Hall–Kier alpha value is -0.0400. The second kappa shape index (κ2) is 3.76. The summed E-state index contributed by atoms with van der Waals surface area (Å²) >= 11 is 0. The highest BCUT2D eigenvalue weighted by Gasteiger charge is 2.43. The topological polar surface area (TPSA) is 20.2 Å². The van der Waals surface area contributed by atoms with Crippen LogP contribution >= 0.6 is 0 Å². The van der Waals surface area contributed by atoms with Gasteiger partial charge in [-0.15, -0.1) is 0 Å². The fourth-order valence-electron chi connectivity index (χ4n) is 4.53. The van der Waals surface area contributed by atoms with Crippen molar-refractivity contribution < 1.29 is 5.11 Å². The molecule has 0 saturated heterocycles. The Balaban J connectivity index is 1.60. The van der Waals surface area contributed by atoms with Crippen molar-refractivity contribution in [2.24, 2.45) is 17.8 Å². The standard InChI is InChI=1S/C14H24O/c15-14(6-2-1-3-7-14)10-13-9-11-4-5-12(13)8-11/h11-13,15H,1-10H2. The Labute approximate surface area is 93.3 Å². The van der Waals surface area contributed by atoms with E-state index < -0.39 is 0 Å². The number of rotatable bonds is 2. The highest BCUT2D eigenvalue weighted by atomic mass is 16.3. The zero-order valence-corrected chi connectivity index (χ0v) is 9.75. The predicted octanol–water partition coefficient (Wildman–Crippen LogP) is 3.51. The molecule has 3 rings (SSSR count). The van der Waals surface area contributed by atoms with Crippen LogP contribution in [0.15, 0.2) is 0 Å². The van der Waals surface area contributed by atoms with E-state index in [-0.39, 0.29) is 5.60 Å². The Kier molecular flexibility index (Phi) is 2.54. The molecule has 1 N–H and O–H groups in total. The molecule has 0 aromatic heterocycles. The Morgan fingerprint density at radius 1 is 1.00 bits per heavy atom. The van der Waals surface area contributed by atoms with E-state index in [0.29, 0.717) is 0 Å². The lowest BCUT2D eigenvalue weighted by atomic mass is 9.74. The first kappa shape index (κ1) is 10.1. The second-order valence-electron chi connectivity index (χ2n) is 6.42. The van der Waals surface area contributed by atoms with Crippen molar-refractivity contribution in [1.29, 1.82) is 0 Å². The summed E-state index contributed by atoms with van der Waals surface area (Å²) in [5, 5.41) is 10.6. The van der Waals surface area contributed by atoms with Gasteiger partial charge < -0.3 is 5.11 Å². The highest BCUT2D eigenvalue weighted by Crippen LogP contribution is 2.52. The van der Waals surface area contributed by atoms with Crippen LogP contribution < -0.4 is 0 Å². The van der Waals surface area contributed by atoms with E-state index in [9.17, 15) is 5.11 Å². The number of aliphatic hydroxyl groups is 1. The normalized spacial score (nSPS) is 43.4. The van der Waals surface area contributed by atoms with Crippen LogP contribution in [0.2, 0.25) is 0 Å². The van der Waals surface area contributed by atoms with E-state index in [1.165, 1.54) is 44.9 Å². The van der Waals surface area contributed by atoms with Crippen LogP contribution in [0.25, 0.3) is 0 Å². The predicted molar refractivity (Wildman–Crippen MR) is 61.6 cm³/mol. The van der Waals surface area contributed by atoms with Gasteiger partial charge in [-0.2, -0.15) is 0 Å². The minimum Gasteiger partial charge on any atom is -0.390 e. The van der Waals surface area contributed by atoms with Crippen LogP contribution in [-0.2, 0) is 0 Å². The second-order valence-corrected chi connectivity index (χ2v) is 6.42. The lowest BCUT2D eigenvalue weighted by Crippen LogP contribution is -2.35. The third kappa shape index (κ3) is 1.95. The van der Waals surface area contributed by atoms with Gasteiger partial charge in [0, 0.05) is 0 Å². The molecule has 3 saturated carbocycles. The summed E-state index contributed by atoms with van der Waals surface area (Å²) in [5.74, 6) is 2.90. The average molecular weight is 208 g/mol. The molecule has 3 unspecified atom stereocenters. The maximum atomic E-state index is 10.6. The molecule has 0 aromatic carbocycles. The van der Waals surface area contributed by atoms with Crippen molar-refractivity contribution in [2.75, 3.05) is 0 Å². The smallest absolute Gasteiger partial charge is 0.0650 e. The average Bonchev–Trinajstić information content (AvgIpc) is 2.79. The van der Waals surface area contributed by atoms with Crippen molar-refractivity contribution in [2.45, 2.75) is 69.8 Å². The fraction of sp³-hybridized carbons (Fsp3) is 1.00. The molecule has 0 aliphatic heterocycles. The molecule has 86 valence electrons. The minimum absolute atomic E-state index is 0.257. The number of hydrogen-bond donors (Lipinski definition) is 1. The summed E-state index contributed by atoms with van der Waals surface area (Å²) < 4.78 is 0. The van der Waals surface area contributed by atoms with E-state index in [2.05, 4.69) is 0 Å². The summed E-state index contributed by atoms with van der Waals surface area (Å²) in [6.45, 7) is 0. The van der Waals surface area contributed by atoms with Crippen molar-refractivity contribution >= 4 is 0 Å². The van der Waals surface area contributed by atoms with Gasteiger partial charge in [0.1, 0.15) is 0 Å². The maximum absolute atomic E-state index is 10.6. The molecule has 15 heavy (non-hydrogen) atoms. The molecule has 0 amide bonds. The van der Waals surface area contributed by atoms with E-state index in [4.69, 9.17) is 0 Å². The molecule has 0 spiro atoms. The molecule has 3 fully saturated rings. The molecular weight excluding hydrogens is 184 g/mol. The molecule has 0 radical (unpaired) electrons. The molecule has 3 atom stereocenters. The molecule has 3 aliphatic carbocycles. The first-order valence-electron chi connectivity index (χ1n) is 6.98. The lowest BCUT2D eigenvalue weighted by Gasteiger charge is -2.36. The SMILES string of the molecule is OC1(CC2CC3CCC2C3)CCCCC1.